The van der Waals surface area contributed by atoms with Crippen molar-refractivity contribution in [2.45, 2.75) is 6.92 Å². The van der Waals surface area contributed by atoms with Crippen LogP contribution >= 0.6 is 11.3 Å². The third-order valence-electron chi connectivity index (χ3n) is 3.92. The van der Waals surface area contributed by atoms with E-state index in [0.717, 1.165) is 43.8 Å². The summed E-state index contributed by atoms with van der Waals surface area (Å²) in [5, 5.41) is 7.34. The van der Waals surface area contributed by atoms with Crippen LogP contribution in [0.2, 0.25) is 0 Å². The number of pyridine rings is 1. The topological polar surface area (TPSA) is 75.6 Å². The zero-order chi connectivity index (χ0) is 17.2. The molecule has 0 saturated carbocycles. The fourth-order valence-electron chi connectivity index (χ4n) is 2.59. The quantitative estimate of drug-likeness (QED) is 0.574. The lowest BCUT2D eigenvalue weighted by molar-refractivity contribution is 1.16. The molecule has 6 nitrogen and oxygen atoms in total. The van der Waals surface area contributed by atoms with Gasteiger partial charge in [-0.05, 0) is 30.7 Å². The van der Waals surface area contributed by atoms with Crippen LogP contribution in [-0.4, -0.2) is 27.0 Å². The van der Waals surface area contributed by atoms with Crippen molar-refractivity contribution in [3.63, 3.8) is 0 Å². The average Bonchev–Trinajstić information content (AvgIpc) is 3.07. The molecule has 7 heteroatoms. The zero-order valence-electron chi connectivity index (χ0n) is 13.8. The molecule has 0 unspecified atom stereocenters. The van der Waals surface area contributed by atoms with Crippen molar-refractivity contribution in [2.24, 2.45) is 0 Å². The van der Waals surface area contributed by atoms with E-state index in [9.17, 15) is 0 Å². The van der Waals surface area contributed by atoms with Gasteiger partial charge in [0, 0.05) is 30.6 Å². The number of fused-ring (bicyclic) bond motifs is 1. The maximum absolute atomic E-state index is 4.71. The summed E-state index contributed by atoms with van der Waals surface area (Å²) >= 11 is 1.60. The second-order valence-corrected chi connectivity index (χ2v) is 6.47. The number of hydrogen-bond acceptors (Lipinski definition) is 7. The fourth-order valence-corrected chi connectivity index (χ4v) is 3.58. The van der Waals surface area contributed by atoms with E-state index in [1.807, 2.05) is 37.4 Å². The summed E-state index contributed by atoms with van der Waals surface area (Å²) in [7, 11) is 1.83. The normalized spacial score (nSPS) is 10.8. The molecule has 0 radical (unpaired) electrons. The van der Waals surface area contributed by atoms with Gasteiger partial charge in [0.1, 0.15) is 33.3 Å². The van der Waals surface area contributed by atoms with E-state index in [2.05, 4.69) is 38.6 Å². The molecule has 0 amide bonds. The van der Waals surface area contributed by atoms with Crippen molar-refractivity contribution in [3.05, 3.63) is 54.5 Å². The van der Waals surface area contributed by atoms with E-state index in [4.69, 9.17) is 4.98 Å². The molecule has 0 saturated heterocycles. The molecule has 124 valence electrons. The summed E-state index contributed by atoms with van der Waals surface area (Å²) in [6.07, 6.45) is 3.33. The SMILES string of the molecule is CNc1cc(Nc2cccc(-c3nc4cccnc4s3)c2C)ncn1. The van der Waals surface area contributed by atoms with Crippen molar-refractivity contribution in [1.82, 2.24) is 19.9 Å². The molecule has 1 aromatic carbocycles. The molecule has 4 aromatic rings. The standard InChI is InChI=1S/C18H16N6S/c1-11-12(17-24-14-7-4-8-20-18(14)25-17)5-3-6-13(11)23-16-9-15(19-2)21-10-22-16/h3-10H,1-2H3,(H2,19,21,22,23). The molecular formula is C18H16N6S. The molecular weight excluding hydrogens is 332 g/mol. The monoisotopic (exact) mass is 348 g/mol. The number of nitrogens with one attached hydrogen (secondary N) is 2. The Hall–Kier alpha value is -3.06. The number of benzene rings is 1. The molecule has 4 rings (SSSR count). The van der Waals surface area contributed by atoms with Crippen LogP contribution in [0.5, 0.6) is 0 Å². The number of hydrogen-bond donors (Lipinski definition) is 2. The molecule has 3 aromatic heterocycles. The van der Waals surface area contributed by atoms with Gasteiger partial charge in [-0.1, -0.05) is 23.5 Å². The molecule has 25 heavy (non-hydrogen) atoms. The molecule has 0 bridgehead atoms. The largest absolute Gasteiger partial charge is 0.373 e. The summed E-state index contributed by atoms with van der Waals surface area (Å²) in [4.78, 5) is 18.5. The molecule has 0 fully saturated rings. The van der Waals surface area contributed by atoms with Gasteiger partial charge in [0.2, 0.25) is 0 Å². The number of anilines is 3. The Bertz CT molecular complexity index is 1010. The highest BCUT2D eigenvalue weighted by atomic mass is 32.1. The minimum Gasteiger partial charge on any atom is -0.373 e. The first kappa shape index (κ1) is 15.5. The van der Waals surface area contributed by atoms with Crippen molar-refractivity contribution in [3.8, 4) is 10.6 Å². The van der Waals surface area contributed by atoms with Gasteiger partial charge in [0.15, 0.2) is 0 Å². The third-order valence-corrected chi connectivity index (χ3v) is 4.93. The van der Waals surface area contributed by atoms with Gasteiger partial charge in [-0.3, -0.25) is 0 Å². The second kappa shape index (κ2) is 6.45. The van der Waals surface area contributed by atoms with E-state index < -0.39 is 0 Å². The predicted molar refractivity (Wildman–Crippen MR) is 102 cm³/mol. The van der Waals surface area contributed by atoms with E-state index >= 15 is 0 Å². The van der Waals surface area contributed by atoms with Crippen LogP contribution < -0.4 is 10.6 Å². The Kier molecular flexibility index (Phi) is 3.99. The summed E-state index contributed by atoms with van der Waals surface area (Å²) in [6.45, 7) is 2.08. The number of thiazole rings is 1. The summed E-state index contributed by atoms with van der Waals surface area (Å²) in [6, 6.07) is 11.9. The van der Waals surface area contributed by atoms with Gasteiger partial charge in [-0.2, -0.15) is 0 Å². The van der Waals surface area contributed by atoms with Crippen molar-refractivity contribution in [1.29, 1.82) is 0 Å². The molecule has 0 aliphatic carbocycles. The first-order valence-corrected chi connectivity index (χ1v) is 8.64. The maximum Gasteiger partial charge on any atom is 0.143 e. The molecule has 0 aliphatic heterocycles. The van der Waals surface area contributed by atoms with Crippen molar-refractivity contribution in [2.75, 3.05) is 17.7 Å². The van der Waals surface area contributed by atoms with E-state index in [1.165, 1.54) is 6.33 Å². The Morgan fingerprint density at radius 1 is 1.00 bits per heavy atom. The summed E-state index contributed by atoms with van der Waals surface area (Å²) in [5.74, 6) is 1.51. The Labute approximate surface area is 149 Å². The van der Waals surface area contributed by atoms with E-state index in [1.54, 1.807) is 17.5 Å². The highest BCUT2D eigenvalue weighted by molar-refractivity contribution is 7.21. The number of rotatable bonds is 4. The Morgan fingerprint density at radius 3 is 2.72 bits per heavy atom. The van der Waals surface area contributed by atoms with E-state index in [-0.39, 0.29) is 0 Å². The molecule has 0 aliphatic rings. The highest BCUT2D eigenvalue weighted by Crippen LogP contribution is 2.34. The molecule has 2 N–H and O–H groups in total. The number of aromatic nitrogens is 4. The Morgan fingerprint density at radius 2 is 1.88 bits per heavy atom. The van der Waals surface area contributed by atoms with Crippen LogP contribution in [0.3, 0.4) is 0 Å². The minimum atomic E-state index is 0.741. The van der Waals surface area contributed by atoms with Crippen LogP contribution in [0.25, 0.3) is 20.9 Å². The lowest BCUT2D eigenvalue weighted by Gasteiger charge is -2.12. The van der Waals surface area contributed by atoms with Crippen LogP contribution in [0.1, 0.15) is 5.56 Å². The molecule has 0 atom stereocenters. The van der Waals surface area contributed by atoms with E-state index in [0.29, 0.717) is 0 Å². The second-order valence-electron chi connectivity index (χ2n) is 5.49. The van der Waals surface area contributed by atoms with Gasteiger partial charge < -0.3 is 10.6 Å². The van der Waals surface area contributed by atoms with Gasteiger partial charge in [-0.15, -0.1) is 0 Å². The van der Waals surface area contributed by atoms with Crippen LogP contribution in [0.4, 0.5) is 17.3 Å². The first-order chi connectivity index (χ1) is 12.2. The lowest BCUT2D eigenvalue weighted by atomic mass is 10.1. The third kappa shape index (κ3) is 3.01. The fraction of sp³-hybridized carbons (Fsp3) is 0.111. The maximum atomic E-state index is 4.71. The van der Waals surface area contributed by atoms with Crippen molar-refractivity contribution < 1.29 is 0 Å². The van der Waals surface area contributed by atoms with Gasteiger partial charge in [0.05, 0.1) is 0 Å². The van der Waals surface area contributed by atoms with Crippen LogP contribution in [0.15, 0.2) is 48.9 Å². The Balaban J connectivity index is 1.72. The lowest BCUT2D eigenvalue weighted by Crippen LogP contribution is -1.99. The molecule has 0 spiro atoms. The smallest absolute Gasteiger partial charge is 0.143 e. The van der Waals surface area contributed by atoms with Crippen LogP contribution in [0, 0.1) is 6.92 Å². The number of nitrogens with zero attached hydrogens (tertiary/aromatic N) is 4. The van der Waals surface area contributed by atoms with Crippen LogP contribution in [-0.2, 0) is 0 Å². The first-order valence-electron chi connectivity index (χ1n) is 7.83. The zero-order valence-corrected chi connectivity index (χ0v) is 14.6. The average molecular weight is 348 g/mol. The van der Waals surface area contributed by atoms with Gasteiger partial charge >= 0.3 is 0 Å². The summed E-state index contributed by atoms with van der Waals surface area (Å²) in [5.41, 5.74) is 4.13. The van der Waals surface area contributed by atoms with Crippen molar-refractivity contribution >= 4 is 39.0 Å². The van der Waals surface area contributed by atoms with Gasteiger partial charge in [-0.25, -0.2) is 19.9 Å². The summed E-state index contributed by atoms with van der Waals surface area (Å²) < 4.78 is 0. The van der Waals surface area contributed by atoms with Gasteiger partial charge in [0.25, 0.3) is 0 Å². The predicted octanol–water partition coefficient (Wildman–Crippen LogP) is 4.24. The minimum absolute atomic E-state index is 0.741. The molecule has 3 heterocycles. The highest BCUT2D eigenvalue weighted by Gasteiger charge is 2.12.